The average Bonchev–Trinajstić information content (AvgIpc) is 3.37. The van der Waals surface area contributed by atoms with Gasteiger partial charge in [0.05, 0.1) is 40.1 Å². The average molecular weight is 402 g/mol. The van der Waals surface area contributed by atoms with Crippen LogP contribution in [0.4, 0.5) is 0 Å². The maximum Gasteiger partial charge on any atom is 0.118 e. The van der Waals surface area contributed by atoms with Gasteiger partial charge in [0.15, 0.2) is 0 Å². The summed E-state index contributed by atoms with van der Waals surface area (Å²) >= 11 is 0. The van der Waals surface area contributed by atoms with E-state index in [0.717, 1.165) is 45.7 Å². The Bertz CT molecular complexity index is 1090. The minimum Gasteiger partial charge on any atom is -0.357 e. The van der Waals surface area contributed by atoms with Crippen LogP contribution < -0.4 is 0 Å². The van der Waals surface area contributed by atoms with Gasteiger partial charge in [-0.2, -0.15) is 0 Å². The van der Waals surface area contributed by atoms with E-state index >= 15 is 0 Å². The lowest BCUT2D eigenvalue weighted by molar-refractivity contribution is 0.571. The zero-order valence-electron chi connectivity index (χ0n) is 19.2. The Morgan fingerprint density at radius 2 is 1.23 bits per heavy atom. The zero-order valence-corrected chi connectivity index (χ0v) is 19.2. The molecule has 0 aromatic carbocycles. The molecule has 3 aliphatic rings. The van der Waals surface area contributed by atoms with Crippen molar-refractivity contribution in [3.8, 4) is 0 Å². The second-order valence-corrected chi connectivity index (χ2v) is 11.1. The molecule has 2 aromatic heterocycles. The first kappa shape index (κ1) is 19.3. The summed E-state index contributed by atoms with van der Waals surface area (Å²) in [5, 5.41) is 0. The highest BCUT2D eigenvalue weighted by Crippen LogP contribution is 2.44. The van der Waals surface area contributed by atoms with E-state index < -0.39 is 0 Å². The molecule has 5 heterocycles. The van der Waals surface area contributed by atoms with Gasteiger partial charge in [0.25, 0.3) is 0 Å². The van der Waals surface area contributed by atoms with Gasteiger partial charge in [-0.3, -0.25) is 9.98 Å². The van der Waals surface area contributed by atoms with Gasteiger partial charge >= 0.3 is 0 Å². The first-order valence-corrected chi connectivity index (χ1v) is 10.7. The summed E-state index contributed by atoms with van der Waals surface area (Å²) in [7, 11) is 0. The molecule has 0 fully saturated rings. The minimum atomic E-state index is -0.338. The molecule has 0 saturated heterocycles. The summed E-state index contributed by atoms with van der Waals surface area (Å²) in [6, 6.07) is 4.35. The highest BCUT2D eigenvalue weighted by atomic mass is 15.0. The maximum absolute atomic E-state index is 5.13. The molecule has 0 aliphatic carbocycles. The van der Waals surface area contributed by atoms with Crippen LogP contribution in [-0.4, -0.2) is 26.4 Å². The smallest absolute Gasteiger partial charge is 0.118 e. The number of aromatic amines is 2. The van der Waals surface area contributed by atoms with Gasteiger partial charge in [-0.15, -0.1) is 0 Å². The van der Waals surface area contributed by atoms with Crippen molar-refractivity contribution in [2.24, 2.45) is 20.8 Å². The number of imidazole rings is 1. The summed E-state index contributed by atoms with van der Waals surface area (Å²) in [5.41, 5.74) is 6.52. The number of nitrogens with one attached hydrogen (secondary N) is 2. The molecule has 0 spiro atoms. The van der Waals surface area contributed by atoms with E-state index in [9.17, 15) is 0 Å². The van der Waals surface area contributed by atoms with Gasteiger partial charge in [0.2, 0.25) is 0 Å². The van der Waals surface area contributed by atoms with Crippen molar-refractivity contribution in [2.75, 3.05) is 0 Å². The Hall–Kier alpha value is -2.69. The third kappa shape index (κ3) is 2.50. The monoisotopic (exact) mass is 401 g/mol. The van der Waals surface area contributed by atoms with Gasteiger partial charge in [0, 0.05) is 27.6 Å². The number of aliphatic imine (C=N–C) groups is 2. The molecule has 5 rings (SSSR count). The highest BCUT2D eigenvalue weighted by molar-refractivity contribution is 6.07. The molecule has 8 bridgehead atoms. The van der Waals surface area contributed by atoms with Crippen molar-refractivity contribution in [3.63, 3.8) is 0 Å². The zero-order chi connectivity index (χ0) is 21.7. The second-order valence-electron chi connectivity index (χ2n) is 11.1. The van der Waals surface area contributed by atoms with E-state index in [4.69, 9.17) is 15.0 Å². The van der Waals surface area contributed by atoms with Crippen LogP contribution in [0.1, 0.15) is 78.3 Å². The Morgan fingerprint density at radius 3 is 1.87 bits per heavy atom. The maximum atomic E-state index is 5.13. The fraction of sp³-hybridized carbons (Fsp3) is 0.480. The van der Waals surface area contributed by atoms with Crippen LogP contribution in [0.25, 0.3) is 0 Å². The molecule has 0 atom stereocenters. The first-order chi connectivity index (χ1) is 13.8. The Labute approximate surface area is 178 Å². The van der Waals surface area contributed by atoms with E-state index in [0.29, 0.717) is 0 Å². The molecule has 156 valence electrons. The summed E-state index contributed by atoms with van der Waals surface area (Å²) in [5.74, 6) is 0.917. The van der Waals surface area contributed by atoms with Crippen LogP contribution in [0.2, 0.25) is 0 Å². The molecule has 30 heavy (non-hydrogen) atoms. The van der Waals surface area contributed by atoms with Crippen LogP contribution >= 0.6 is 0 Å². The van der Waals surface area contributed by atoms with E-state index in [-0.39, 0.29) is 21.7 Å². The molecule has 0 saturated carbocycles. The largest absolute Gasteiger partial charge is 0.357 e. The number of hydrogen-bond acceptors (Lipinski definition) is 3. The van der Waals surface area contributed by atoms with Crippen LogP contribution in [0.15, 0.2) is 51.9 Å². The number of rotatable bonds is 0. The SMILES string of the molecule is CC1(C)C=C2N=C1c1ccc([nH]1)C(C)(C)C1=CC(C)(C)C(=N1)c1cnc([nH]1)C2(C)C. The topological polar surface area (TPSA) is 69.2 Å². The van der Waals surface area contributed by atoms with E-state index in [1.807, 2.05) is 6.20 Å². The van der Waals surface area contributed by atoms with Crippen molar-refractivity contribution >= 4 is 11.4 Å². The van der Waals surface area contributed by atoms with E-state index in [2.05, 4.69) is 89.6 Å². The number of fused-ring (bicyclic) bond motifs is 8. The molecule has 0 radical (unpaired) electrons. The third-order valence-electron chi connectivity index (χ3n) is 7.00. The Balaban J connectivity index is 1.79. The summed E-state index contributed by atoms with van der Waals surface area (Å²) in [4.78, 5) is 22.3. The number of hydrogen-bond donors (Lipinski definition) is 2. The van der Waals surface area contributed by atoms with Crippen molar-refractivity contribution < 1.29 is 0 Å². The van der Waals surface area contributed by atoms with Crippen molar-refractivity contribution in [1.82, 2.24) is 15.0 Å². The molecule has 5 heteroatoms. The minimum absolute atomic E-state index is 0.159. The lowest BCUT2D eigenvalue weighted by Crippen LogP contribution is -2.23. The second kappa shape index (κ2) is 5.51. The van der Waals surface area contributed by atoms with Gasteiger partial charge in [-0.05, 0) is 39.8 Å². The number of aromatic nitrogens is 3. The normalized spacial score (nSPS) is 24.5. The summed E-state index contributed by atoms with van der Waals surface area (Å²) in [6.07, 6.45) is 6.51. The number of H-pyrrole nitrogens is 2. The fourth-order valence-corrected chi connectivity index (χ4v) is 4.79. The summed E-state index contributed by atoms with van der Waals surface area (Å²) in [6.45, 7) is 17.7. The Kier molecular flexibility index (Phi) is 3.54. The van der Waals surface area contributed by atoms with Gasteiger partial charge in [0.1, 0.15) is 5.82 Å². The molecule has 0 amide bonds. The van der Waals surface area contributed by atoms with Crippen molar-refractivity contribution in [1.29, 1.82) is 0 Å². The third-order valence-corrected chi connectivity index (χ3v) is 7.00. The fourth-order valence-electron chi connectivity index (χ4n) is 4.79. The predicted molar refractivity (Wildman–Crippen MR) is 122 cm³/mol. The Morgan fingerprint density at radius 1 is 0.667 bits per heavy atom. The quantitative estimate of drug-likeness (QED) is 0.607. The molecule has 3 aliphatic heterocycles. The standard InChI is InChI=1S/C25H31N5/c1-22(2)12-18-25(7,8)21-26-13-15(28-21)20-23(3,4)11-17(29-20)24(5,6)16-10-9-14(27-16)19(22)30-18/h9-13,27H,1-8H3,(H,26,28). The van der Waals surface area contributed by atoms with Crippen LogP contribution in [0, 0.1) is 10.8 Å². The van der Waals surface area contributed by atoms with Crippen molar-refractivity contribution in [3.05, 3.63) is 64.8 Å². The first-order valence-electron chi connectivity index (χ1n) is 10.7. The molecule has 0 unspecified atom stereocenters. The number of nitrogens with zero attached hydrogens (tertiary/aromatic N) is 3. The van der Waals surface area contributed by atoms with Crippen molar-refractivity contribution in [2.45, 2.75) is 66.2 Å². The molecular formula is C25H31N5. The van der Waals surface area contributed by atoms with Crippen LogP contribution in [0.3, 0.4) is 0 Å². The molecule has 5 nitrogen and oxygen atoms in total. The van der Waals surface area contributed by atoms with Crippen LogP contribution in [-0.2, 0) is 10.8 Å². The number of allylic oxidation sites excluding steroid dienone is 4. The van der Waals surface area contributed by atoms with Gasteiger partial charge in [-0.1, -0.05) is 39.8 Å². The lowest BCUT2D eigenvalue weighted by atomic mass is 9.81. The molecular weight excluding hydrogens is 370 g/mol. The van der Waals surface area contributed by atoms with Gasteiger partial charge < -0.3 is 9.97 Å². The molecule has 2 N–H and O–H groups in total. The van der Waals surface area contributed by atoms with Crippen LogP contribution in [0.5, 0.6) is 0 Å². The summed E-state index contributed by atoms with van der Waals surface area (Å²) < 4.78 is 0. The highest BCUT2D eigenvalue weighted by Gasteiger charge is 2.42. The van der Waals surface area contributed by atoms with Gasteiger partial charge in [-0.25, -0.2) is 4.98 Å². The lowest BCUT2D eigenvalue weighted by Gasteiger charge is -2.24. The predicted octanol–water partition coefficient (Wildman–Crippen LogP) is 5.43. The van der Waals surface area contributed by atoms with E-state index in [1.165, 1.54) is 0 Å². The molecule has 2 aromatic rings. The van der Waals surface area contributed by atoms with E-state index in [1.54, 1.807) is 0 Å².